The van der Waals surface area contributed by atoms with Gasteiger partial charge < -0.3 is 4.74 Å². The molecule has 7 heteroatoms. The van der Waals surface area contributed by atoms with Crippen molar-refractivity contribution in [3.05, 3.63) is 59.4 Å². The summed E-state index contributed by atoms with van der Waals surface area (Å²) in [6, 6.07) is 6.84. The molecule has 0 radical (unpaired) electrons. The Bertz CT molecular complexity index is 898. The lowest BCUT2D eigenvalue weighted by Crippen LogP contribution is -2.29. The van der Waals surface area contributed by atoms with Crippen LogP contribution >= 0.6 is 0 Å². The number of nitrogens with zero attached hydrogens (tertiary/aromatic N) is 1. The molecule has 2 saturated carbocycles. The van der Waals surface area contributed by atoms with Gasteiger partial charge in [0.2, 0.25) is 0 Å². The fourth-order valence-corrected chi connectivity index (χ4v) is 5.02. The Labute approximate surface area is 198 Å². The zero-order valence-corrected chi connectivity index (χ0v) is 19.2. The molecule has 3 rings (SSSR count). The van der Waals surface area contributed by atoms with Gasteiger partial charge in [-0.25, -0.2) is 0 Å². The molecule has 0 aromatic heterocycles. The molecule has 0 bridgehead atoms. The van der Waals surface area contributed by atoms with E-state index in [1.807, 2.05) is 6.08 Å². The van der Waals surface area contributed by atoms with E-state index in [0.29, 0.717) is 5.92 Å². The van der Waals surface area contributed by atoms with Gasteiger partial charge in [0.1, 0.15) is 12.2 Å². The minimum absolute atomic E-state index is 0.0629. The number of benzene rings is 1. The van der Waals surface area contributed by atoms with Crippen molar-refractivity contribution in [2.75, 3.05) is 0 Å². The van der Waals surface area contributed by atoms with Crippen LogP contribution in [0.5, 0.6) is 0 Å². The molecule has 0 saturated heterocycles. The van der Waals surface area contributed by atoms with Crippen molar-refractivity contribution in [2.45, 2.75) is 82.4 Å². The van der Waals surface area contributed by atoms with Gasteiger partial charge in [0.25, 0.3) is 0 Å². The highest BCUT2D eigenvalue weighted by atomic mass is 19.4. The number of rotatable bonds is 7. The van der Waals surface area contributed by atoms with Crippen LogP contribution in [0.25, 0.3) is 0 Å². The molecule has 0 aliphatic heterocycles. The van der Waals surface area contributed by atoms with E-state index >= 15 is 0 Å². The zero-order valence-electron chi connectivity index (χ0n) is 19.2. The molecule has 1 aromatic rings. The molecule has 0 amide bonds. The van der Waals surface area contributed by atoms with Crippen molar-refractivity contribution in [2.24, 2.45) is 11.8 Å². The summed E-state index contributed by atoms with van der Waals surface area (Å²) >= 11 is 0. The van der Waals surface area contributed by atoms with Crippen molar-refractivity contribution in [1.29, 1.82) is 5.26 Å². The van der Waals surface area contributed by atoms with E-state index in [0.717, 1.165) is 88.0 Å². The van der Waals surface area contributed by atoms with E-state index in [1.165, 1.54) is 6.07 Å². The van der Waals surface area contributed by atoms with Gasteiger partial charge in [-0.15, -0.1) is 0 Å². The summed E-state index contributed by atoms with van der Waals surface area (Å²) in [5.74, 6) is -0.241. The Morgan fingerprint density at radius 3 is 2.26 bits per heavy atom. The van der Waals surface area contributed by atoms with Crippen molar-refractivity contribution in [3.8, 4) is 6.07 Å². The Balaban J connectivity index is 1.35. The Morgan fingerprint density at radius 1 is 1.03 bits per heavy atom. The lowest BCUT2D eigenvalue weighted by molar-refractivity contribution is -0.157. The van der Waals surface area contributed by atoms with Crippen molar-refractivity contribution < 1.29 is 27.1 Å². The number of hydrogen-bond donors (Lipinski definition) is 0. The summed E-state index contributed by atoms with van der Waals surface area (Å²) in [5.41, 5.74) is 0.283. The first-order valence-electron chi connectivity index (χ1n) is 12.1. The summed E-state index contributed by atoms with van der Waals surface area (Å²) in [6.45, 7) is 0. The predicted molar refractivity (Wildman–Crippen MR) is 121 cm³/mol. The number of allylic oxidation sites excluding steroid dienone is 4. The molecular formula is C27H31F4NO2. The van der Waals surface area contributed by atoms with Gasteiger partial charge in [-0.2, -0.15) is 22.8 Å². The third-order valence-corrected chi connectivity index (χ3v) is 7.07. The number of hydrogen-bond acceptors (Lipinski definition) is 3. The fraction of sp³-hybridized carbons (Fsp3) is 0.556. The van der Waals surface area contributed by atoms with Crippen molar-refractivity contribution >= 4 is 5.97 Å². The summed E-state index contributed by atoms with van der Waals surface area (Å²) < 4.78 is 56.8. The SMILES string of the molecule is N#CC(F)=CC=CCCC1CCC(C(=O)OC2CCC(c3ccc(C(F)(F)F)cc3)CC2)CC1. The van der Waals surface area contributed by atoms with Crippen LogP contribution in [-0.4, -0.2) is 12.1 Å². The monoisotopic (exact) mass is 477 g/mol. The van der Waals surface area contributed by atoms with Gasteiger partial charge in [-0.05, 0) is 99.8 Å². The molecule has 0 atom stereocenters. The van der Waals surface area contributed by atoms with Gasteiger partial charge in [0, 0.05) is 0 Å². The fourth-order valence-electron chi connectivity index (χ4n) is 5.02. The minimum atomic E-state index is -4.32. The molecule has 0 N–H and O–H groups in total. The Hall–Kier alpha value is -2.62. The number of alkyl halides is 3. The van der Waals surface area contributed by atoms with Crippen LogP contribution in [0.15, 0.2) is 48.3 Å². The van der Waals surface area contributed by atoms with Crippen molar-refractivity contribution in [1.82, 2.24) is 0 Å². The summed E-state index contributed by atoms with van der Waals surface area (Å²) in [5, 5.41) is 8.36. The van der Waals surface area contributed by atoms with E-state index in [4.69, 9.17) is 10.00 Å². The van der Waals surface area contributed by atoms with Crippen LogP contribution in [0.4, 0.5) is 17.6 Å². The standard InChI is InChI=1S/C27H31F4NO2/c28-24(18-32)5-3-1-2-4-19-6-8-22(9-7-19)26(33)34-25-16-12-21(13-17-25)20-10-14-23(15-11-20)27(29,30)31/h1,3,5,10-11,14-15,19,21-22,25H,2,4,6-9,12-13,16-17H2. The zero-order chi connectivity index (χ0) is 24.6. The lowest BCUT2D eigenvalue weighted by Gasteiger charge is -2.31. The molecule has 2 aliphatic rings. The van der Waals surface area contributed by atoms with Gasteiger partial charge in [0.15, 0.2) is 5.83 Å². The first-order chi connectivity index (χ1) is 16.3. The normalized spacial score (nSPS) is 26.3. The van der Waals surface area contributed by atoms with Gasteiger partial charge in [0.05, 0.1) is 11.5 Å². The van der Waals surface area contributed by atoms with Crippen LogP contribution < -0.4 is 0 Å². The second kappa shape index (κ2) is 12.2. The number of ether oxygens (including phenoxy) is 1. The molecule has 2 fully saturated rings. The molecular weight excluding hydrogens is 446 g/mol. The second-order valence-corrected chi connectivity index (χ2v) is 9.38. The first-order valence-corrected chi connectivity index (χ1v) is 12.1. The molecule has 1 aromatic carbocycles. The lowest BCUT2D eigenvalue weighted by atomic mass is 9.79. The molecule has 0 unspecified atom stereocenters. The predicted octanol–water partition coefficient (Wildman–Crippen LogP) is 7.79. The smallest absolute Gasteiger partial charge is 0.416 e. The minimum Gasteiger partial charge on any atom is -0.462 e. The average Bonchev–Trinajstić information content (AvgIpc) is 2.84. The van der Waals surface area contributed by atoms with Crippen molar-refractivity contribution in [3.63, 3.8) is 0 Å². The third-order valence-electron chi connectivity index (χ3n) is 7.07. The maximum Gasteiger partial charge on any atom is 0.416 e. The molecule has 0 heterocycles. The third kappa shape index (κ3) is 7.72. The molecule has 3 nitrogen and oxygen atoms in total. The van der Waals surface area contributed by atoms with E-state index in [2.05, 4.69) is 0 Å². The number of nitriles is 1. The largest absolute Gasteiger partial charge is 0.462 e. The summed E-state index contributed by atoms with van der Waals surface area (Å²) in [6.07, 6.45) is 8.59. The maximum absolute atomic E-state index is 12.8. The first kappa shape index (κ1) is 26.0. The highest BCUT2D eigenvalue weighted by molar-refractivity contribution is 5.72. The van der Waals surface area contributed by atoms with Gasteiger partial charge in [-0.1, -0.05) is 24.3 Å². The highest BCUT2D eigenvalue weighted by Gasteiger charge is 2.32. The highest BCUT2D eigenvalue weighted by Crippen LogP contribution is 2.37. The van der Waals surface area contributed by atoms with Crippen LogP contribution in [0.2, 0.25) is 0 Å². The maximum atomic E-state index is 12.8. The number of esters is 1. The van der Waals surface area contributed by atoms with E-state index in [1.54, 1.807) is 18.2 Å². The quantitative estimate of drug-likeness (QED) is 0.174. The summed E-state index contributed by atoms with van der Waals surface area (Å²) in [7, 11) is 0. The van der Waals surface area contributed by atoms with E-state index in [9.17, 15) is 22.4 Å². The van der Waals surface area contributed by atoms with Gasteiger partial charge in [-0.3, -0.25) is 4.79 Å². The summed E-state index contributed by atoms with van der Waals surface area (Å²) in [4.78, 5) is 12.6. The second-order valence-electron chi connectivity index (χ2n) is 9.38. The number of carbonyl (C=O) groups is 1. The molecule has 2 aliphatic carbocycles. The Kier molecular flexibility index (Phi) is 9.32. The van der Waals surface area contributed by atoms with Crippen LogP contribution in [0, 0.1) is 23.2 Å². The van der Waals surface area contributed by atoms with E-state index in [-0.39, 0.29) is 23.9 Å². The van der Waals surface area contributed by atoms with Crippen LogP contribution in [0.1, 0.15) is 81.3 Å². The molecule has 34 heavy (non-hydrogen) atoms. The van der Waals surface area contributed by atoms with Crippen LogP contribution in [-0.2, 0) is 15.7 Å². The Morgan fingerprint density at radius 2 is 1.68 bits per heavy atom. The van der Waals surface area contributed by atoms with Crippen LogP contribution in [0.3, 0.4) is 0 Å². The van der Waals surface area contributed by atoms with Gasteiger partial charge >= 0.3 is 12.1 Å². The topological polar surface area (TPSA) is 50.1 Å². The number of halogens is 4. The average molecular weight is 478 g/mol. The molecule has 0 spiro atoms. The number of carbonyl (C=O) groups excluding carboxylic acids is 1. The van der Waals surface area contributed by atoms with E-state index < -0.39 is 17.6 Å². The molecule has 184 valence electrons.